The van der Waals surface area contributed by atoms with Crippen molar-refractivity contribution in [3.8, 4) is 0 Å². The van der Waals surface area contributed by atoms with Crippen molar-refractivity contribution in [2.75, 3.05) is 5.32 Å². The Morgan fingerprint density at radius 2 is 2.17 bits per heavy atom. The van der Waals surface area contributed by atoms with Gasteiger partial charge in [-0.3, -0.25) is 4.79 Å². The van der Waals surface area contributed by atoms with Crippen LogP contribution in [-0.4, -0.2) is 18.0 Å². The standard InChI is InChI=1S/C15H22N2O/c1-4-12(10(2)3)17-15(18)14-9-11-7-5-6-8-13(11)16-14/h5-8,10,12,14,16H,4,9H2,1-3H3,(H,17,18)/t12?,14-/m0/s1. The highest BCUT2D eigenvalue weighted by molar-refractivity contribution is 5.87. The summed E-state index contributed by atoms with van der Waals surface area (Å²) in [4.78, 5) is 12.2. The van der Waals surface area contributed by atoms with Crippen LogP contribution in [0.15, 0.2) is 24.3 Å². The smallest absolute Gasteiger partial charge is 0.243 e. The molecule has 0 radical (unpaired) electrons. The minimum atomic E-state index is -0.116. The molecule has 98 valence electrons. The molecule has 1 aliphatic rings. The van der Waals surface area contributed by atoms with Crippen LogP contribution in [0.25, 0.3) is 0 Å². The van der Waals surface area contributed by atoms with E-state index in [4.69, 9.17) is 0 Å². The summed E-state index contributed by atoms with van der Waals surface area (Å²) in [5.41, 5.74) is 2.32. The zero-order valence-corrected chi connectivity index (χ0v) is 11.4. The van der Waals surface area contributed by atoms with Crippen LogP contribution in [0.3, 0.4) is 0 Å². The molecule has 3 nitrogen and oxygen atoms in total. The van der Waals surface area contributed by atoms with Crippen LogP contribution in [-0.2, 0) is 11.2 Å². The average molecular weight is 246 g/mol. The Labute approximate surface area is 109 Å². The molecule has 0 bridgehead atoms. The van der Waals surface area contributed by atoms with Gasteiger partial charge >= 0.3 is 0 Å². The number of para-hydroxylation sites is 1. The molecule has 0 aliphatic carbocycles. The lowest BCUT2D eigenvalue weighted by molar-refractivity contribution is -0.122. The van der Waals surface area contributed by atoms with Crippen molar-refractivity contribution in [1.82, 2.24) is 5.32 Å². The maximum absolute atomic E-state index is 12.2. The highest BCUT2D eigenvalue weighted by Gasteiger charge is 2.27. The Hall–Kier alpha value is -1.51. The van der Waals surface area contributed by atoms with Gasteiger partial charge in [0.1, 0.15) is 6.04 Å². The predicted octanol–water partition coefficient (Wildman–Crippen LogP) is 2.57. The number of carbonyl (C=O) groups is 1. The zero-order valence-electron chi connectivity index (χ0n) is 11.4. The van der Waals surface area contributed by atoms with Crippen LogP contribution in [0, 0.1) is 5.92 Å². The summed E-state index contributed by atoms with van der Waals surface area (Å²) in [6, 6.07) is 8.27. The molecule has 3 heteroatoms. The van der Waals surface area contributed by atoms with Gasteiger partial charge < -0.3 is 10.6 Å². The first-order chi connectivity index (χ1) is 8.61. The number of amides is 1. The number of anilines is 1. The fourth-order valence-corrected chi connectivity index (χ4v) is 2.48. The predicted molar refractivity (Wildman–Crippen MR) is 74.6 cm³/mol. The van der Waals surface area contributed by atoms with Crippen LogP contribution in [0.2, 0.25) is 0 Å². The van der Waals surface area contributed by atoms with E-state index >= 15 is 0 Å². The van der Waals surface area contributed by atoms with Crippen molar-refractivity contribution < 1.29 is 4.79 Å². The van der Waals surface area contributed by atoms with Crippen LogP contribution in [0.4, 0.5) is 5.69 Å². The largest absolute Gasteiger partial charge is 0.373 e. The number of benzene rings is 1. The first kappa shape index (κ1) is 12.9. The lowest BCUT2D eigenvalue weighted by Crippen LogP contribution is -2.45. The minimum Gasteiger partial charge on any atom is -0.373 e. The second-order valence-corrected chi connectivity index (χ2v) is 5.33. The van der Waals surface area contributed by atoms with E-state index in [0.717, 1.165) is 18.5 Å². The molecule has 1 aliphatic heterocycles. The molecule has 2 N–H and O–H groups in total. The van der Waals surface area contributed by atoms with E-state index in [9.17, 15) is 4.79 Å². The summed E-state index contributed by atoms with van der Waals surface area (Å²) < 4.78 is 0. The van der Waals surface area contributed by atoms with Crippen molar-refractivity contribution in [2.45, 2.75) is 45.7 Å². The highest BCUT2D eigenvalue weighted by Crippen LogP contribution is 2.25. The van der Waals surface area contributed by atoms with Crippen molar-refractivity contribution in [1.29, 1.82) is 0 Å². The monoisotopic (exact) mass is 246 g/mol. The Balaban J connectivity index is 1.97. The molecule has 0 saturated heterocycles. The Kier molecular flexibility index (Phi) is 3.90. The maximum atomic E-state index is 12.2. The number of nitrogens with one attached hydrogen (secondary N) is 2. The van der Waals surface area contributed by atoms with Crippen molar-refractivity contribution in [3.05, 3.63) is 29.8 Å². The summed E-state index contributed by atoms with van der Waals surface area (Å²) in [6.45, 7) is 6.40. The number of rotatable bonds is 4. The molecule has 18 heavy (non-hydrogen) atoms. The van der Waals surface area contributed by atoms with Crippen molar-refractivity contribution >= 4 is 11.6 Å². The second kappa shape index (κ2) is 5.42. The molecule has 1 aromatic carbocycles. The normalized spacial score (nSPS) is 19.2. The first-order valence-electron chi connectivity index (χ1n) is 6.76. The van der Waals surface area contributed by atoms with Crippen molar-refractivity contribution in [2.24, 2.45) is 5.92 Å². The van der Waals surface area contributed by atoms with Crippen molar-refractivity contribution in [3.63, 3.8) is 0 Å². The molecule has 1 heterocycles. The fraction of sp³-hybridized carbons (Fsp3) is 0.533. The highest BCUT2D eigenvalue weighted by atomic mass is 16.2. The first-order valence-corrected chi connectivity index (χ1v) is 6.76. The van der Waals surface area contributed by atoms with Crippen LogP contribution < -0.4 is 10.6 Å². The Bertz CT molecular complexity index is 403. The van der Waals surface area contributed by atoms with Gasteiger partial charge in [0.2, 0.25) is 5.91 Å². The summed E-state index contributed by atoms with van der Waals surface area (Å²) >= 11 is 0. The third-order valence-corrected chi connectivity index (χ3v) is 3.66. The van der Waals surface area contributed by atoms with Crippen LogP contribution >= 0.6 is 0 Å². The Morgan fingerprint density at radius 1 is 1.44 bits per heavy atom. The van der Waals surface area contributed by atoms with Gasteiger partial charge in [-0.15, -0.1) is 0 Å². The summed E-state index contributed by atoms with van der Waals surface area (Å²) in [7, 11) is 0. The van der Waals surface area contributed by atoms with E-state index in [-0.39, 0.29) is 18.0 Å². The topological polar surface area (TPSA) is 41.1 Å². The van der Waals surface area contributed by atoms with Gasteiger partial charge in [-0.05, 0) is 24.0 Å². The molecule has 1 amide bonds. The van der Waals surface area contributed by atoms with E-state index in [0.29, 0.717) is 5.92 Å². The van der Waals surface area contributed by atoms with Gasteiger partial charge in [0.25, 0.3) is 0 Å². The van der Waals surface area contributed by atoms with E-state index in [2.05, 4.69) is 37.5 Å². The quantitative estimate of drug-likeness (QED) is 0.857. The van der Waals surface area contributed by atoms with Crippen LogP contribution in [0.5, 0.6) is 0 Å². The fourth-order valence-electron chi connectivity index (χ4n) is 2.48. The number of carbonyl (C=O) groups excluding carboxylic acids is 1. The molecule has 0 aromatic heterocycles. The van der Waals surface area contributed by atoms with Gasteiger partial charge in [0.05, 0.1) is 0 Å². The van der Waals surface area contributed by atoms with Gasteiger partial charge in [-0.25, -0.2) is 0 Å². The molecule has 2 atom stereocenters. The molecular formula is C15H22N2O. The molecule has 0 saturated carbocycles. The molecule has 0 fully saturated rings. The third kappa shape index (κ3) is 2.66. The van der Waals surface area contributed by atoms with E-state index in [1.54, 1.807) is 0 Å². The van der Waals surface area contributed by atoms with Gasteiger partial charge in [-0.2, -0.15) is 0 Å². The zero-order chi connectivity index (χ0) is 13.1. The van der Waals surface area contributed by atoms with Gasteiger partial charge in [0.15, 0.2) is 0 Å². The molecule has 1 unspecified atom stereocenters. The Morgan fingerprint density at radius 3 is 2.78 bits per heavy atom. The molecule has 1 aromatic rings. The SMILES string of the molecule is CCC(NC(=O)[C@@H]1Cc2ccccc2N1)C(C)C. The lowest BCUT2D eigenvalue weighted by atomic mass is 10.0. The molecule has 2 rings (SSSR count). The number of hydrogen-bond acceptors (Lipinski definition) is 2. The number of hydrogen-bond donors (Lipinski definition) is 2. The second-order valence-electron chi connectivity index (χ2n) is 5.33. The van der Waals surface area contributed by atoms with Crippen LogP contribution in [0.1, 0.15) is 32.8 Å². The lowest BCUT2D eigenvalue weighted by Gasteiger charge is -2.23. The van der Waals surface area contributed by atoms with E-state index < -0.39 is 0 Å². The average Bonchev–Trinajstić information content (AvgIpc) is 2.79. The maximum Gasteiger partial charge on any atom is 0.243 e. The summed E-state index contributed by atoms with van der Waals surface area (Å²) in [5, 5.41) is 6.43. The van der Waals surface area contributed by atoms with Gasteiger partial charge in [0, 0.05) is 18.2 Å². The molecule has 0 spiro atoms. The minimum absolute atomic E-state index is 0.116. The summed E-state index contributed by atoms with van der Waals surface area (Å²) in [6.07, 6.45) is 1.76. The molecular weight excluding hydrogens is 224 g/mol. The van der Waals surface area contributed by atoms with Gasteiger partial charge in [-0.1, -0.05) is 39.0 Å². The summed E-state index contributed by atoms with van der Waals surface area (Å²) in [5.74, 6) is 0.592. The van der Waals surface area contributed by atoms with E-state index in [1.807, 2.05) is 18.2 Å². The van der Waals surface area contributed by atoms with E-state index in [1.165, 1.54) is 5.56 Å². The third-order valence-electron chi connectivity index (χ3n) is 3.66. The number of fused-ring (bicyclic) bond motifs is 1.